The quantitative estimate of drug-likeness (QED) is 0.269. The van der Waals surface area contributed by atoms with Crippen LogP contribution in [0.3, 0.4) is 0 Å². The van der Waals surface area contributed by atoms with Gasteiger partial charge in [0.05, 0.1) is 28.6 Å². The molecule has 0 saturated heterocycles. The minimum absolute atomic E-state index is 0.00845. The number of rotatable bonds is 6. The van der Waals surface area contributed by atoms with Crippen molar-refractivity contribution in [1.29, 1.82) is 0 Å². The Kier molecular flexibility index (Phi) is 6.92. The molecule has 2 heterocycles. The van der Waals surface area contributed by atoms with Crippen molar-refractivity contribution in [1.82, 2.24) is 14.1 Å². The number of hydrogen-bond donors (Lipinski definition) is 2. The highest BCUT2D eigenvalue weighted by atomic mass is 16.2. The van der Waals surface area contributed by atoms with E-state index >= 15 is 0 Å². The number of fused-ring (bicyclic) bond motifs is 1. The molecule has 2 aromatic heterocycles. The highest BCUT2D eigenvalue weighted by Gasteiger charge is 2.18. The van der Waals surface area contributed by atoms with Crippen LogP contribution in [-0.4, -0.2) is 25.9 Å². The minimum atomic E-state index is -0.347. The van der Waals surface area contributed by atoms with Crippen LogP contribution in [0.5, 0.6) is 0 Å². The first-order chi connectivity index (χ1) is 19.2. The second-order valence-corrected chi connectivity index (χ2v) is 10.4. The molecule has 0 aliphatic carbocycles. The van der Waals surface area contributed by atoms with Crippen molar-refractivity contribution in [2.75, 3.05) is 10.6 Å². The average Bonchev–Trinajstić information content (AvgIpc) is 3.24. The lowest BCUT2D eigenvalue weighted by Gasteiger charge is -2.19. The van der Waals surface area contributed by atoms with Crippen LogP contribution in [0.15, 0.2) is 109 Å². The number of amides is 2. The topological polar surface area (TPSA) is 98.0 Å². The maximum atomic E-state index is 13.9. The first kappa shape index (κ1) is 26.4. The van der Waals surface area contributed by atoms with Crippen LogP contribution < -0.4 is 16.3 Å². The summed E-state index contributed by atoms with van der Waals surface area (Å²) in [6.07, 6.45) is 4.43. The third-order valence-corrected chi connectivity index (χ3v) is 6.57. The van der Waals surface area contributed by atoms with Crippen LogP contribution in [0.2, 0.25) is 0 Å². The van der Waals surface area contributed by atoms with Gasteiger partial charge in [0.15, 0.2) is 0 Å². The van der Waals surface area contributed by atoms with Crippen LogP contribution in [0.25, 0.3) is 22.4 Å². The molecule has 8 heteroatoms. The summed E-state index contributed by atoms with van der Waals surface area (Å²) in [7, 11) is 0. The van der Waals surface area contributed by atoms with Gasteiger partial charge >= 0.3 is 5.69 Å². The molecular formula is C32H29N5O3. The predicted octanol–water partition coefficient (Wildman–Crippen LogP) is 5.85. The van der Waals surface area contributed by atoms with E-state index in [0.717, 1.165) is 5.56 Å². The largest absolute Gasteiger partial charge is 0.338 e. The number of anilines is 2. The Morgan fingerprint density at radius 2 is 1.43 bits per heavy atom. The summed E-state index contributed by atoms with van der Waals surface area (Å²) in [5.74, 6) is -0.590. The molecule has 0 fully saturated rings. The van der Waals surface area contributed by atoms with E-state index in [2.05, 4.69) is 43.0 Å². The highest BCUT2D eigenvalue weighted by Crippen LogP contribution is 2.25. The van der Waals surface area contributed by atoms with Gasteiger partial charge in [-0.05, 0) is 71.7 Å². The van der Waals surface area contributed by atoms with Gasteiger partial charge in [0.25, 0.3) is 5.91 Å². The monoisotopic (exact) mass is 531 g/mol. The number of nitrogens with one attached hydrogen (secondary N) is 2. The molecule has 0 unspecified atom stereocenters. The summed E-state index contributed by atoms with van der Waals surface area (Å²) in [5.41, 5.74) is 4.81. The molecule has 0 aliphatic heterocycles. The summed E-state index contributed by atoms with van der Waals surface area (Å²) >= 11 is 0. The molecule has 2 amide bonds. The number of imidazole rings is 1. The lowest BCUT2D eigenvalue weighted by atomic mass is 9.87. The van der Waals surface area contributed by atoms with Crippen molar-refractivity contribution >= 4 is 34.2 Å². The number of benzene rings is 3. The lowest BCUT2D eigenvalue weighted by molar-refractivity contribution is -0.111. The van der Waals surface area contributed by atoms with E-state index in [0.29, 0.717) is 39.3 Å². The van der Waals surface area contributed by atoms with Crippen molar-refractivity contribution in [2.45, 2.75) is 26.2 Å². The summed E-state index contributed by atoms with van der Waals surface area (Å²) in [4.78, 5) is 42.9. The number of carbonyl (C=O) groups excluding carboxylic acids is 2. The molecule has 3 aromatic carbocycles. The lowest BCUT2D eigenvalue weighted by Crippen LogP contribution is -2.22. The Bertz CT molecular complexity index is 1810. The Morgan fingerprint density at radius 3 is 2.02 bits per heavy atom. The maximum Gasteiger partial charge on any atom is 0.338 e. The fraction of sp³-hybridized carbons (Fsp3) is 0.125. The first-order valence-corrected chi connectivity index (χ1v) is 12.8. The van der Waals surface area contributed by atoms with Crippen LogP contribution in [0, 0.1) is 0 Å². The Labute approximate surface area is 231 Å². The summed E-state index contributed by atoms with van der Waals surface area (Å²) in [5, 5.41) is 5.66. The van der Waals surface area contributed by atoms with Crippen molar-refractivity contribution < 1.29 is 9.59 Å². The van der Waals surface area contributed by atoms with Gasteiger partial charge in [0, 0.05) is 23.1 Å². The normalized spacial score (nSPS) is 11.3. The molecule has 0 radical (unpaired) electrons. The SMILES string of the molecule is C=CC(=O)Nc1cccc(-n2c(=O)n(-c3cccc(NC(=O)c4ccc(C(C)(C)C)cc4)c3)c3cnccc32)c1. The van der Waals surface area contributed by atoms with Gasteiger partial charge in [0.2, 0.25) is 5.91 Å². The average molecular weight is 532 g/mol. The van der Waals surface area contributed by atoms with Crippen LogP contribution in [-0.2, 0) is 10.2 Å². The molecule has 8 nitrogen and oxygen atoms in total. The standard InChI is InChI=1S/C32H29N5O3/c1-5-29(38)34-23-8-6-10-25(18-23)36-27-16-17-33-20-28(27)37(31(36)40)26-11-7-9-24(19-26)35-30(39)21-12-14-22(15-13-21)32(2,3)4/h5-20H,1H2,2-4H3,(H,34,38)(H,35,39). The smallest absolute Gasteiger partial charge is 0.322 e. The van der Waals surface area contributed by atoms with Gasteiger partial charge in [-0.15, -0.1) is 0 Å². The molecule has 0 bridgehead atoms. The van der Waals surface area contributed by atoms with E-state index in [4.69, 9.17) is 0 Å². The molecule has 40 heavy (non-hydrogen) atoms. The fourth-order valence-electron chi connectivity index (χ4n) is 4.51. The molecule has 5 aromatic rings. The second-order valence-electron chi connectivity index (χ2n) is 10.4. The minimum Gasteiger partial charge on any atom is -0.322 e. The number of aromatic nitrogens is 3. The molecule has 0 spiro atoms. The van der Waals surface area contributed by atoms with Crippen molar-refractivity contribution in [3.05, 3.63) is 126 Å². The van der Waals surface area contributed by atoms with Gasteiger partial charge in [-0.3, -0.25) is 23.7 Å². The zero-order valence-corrected chi connectivity index (χ0v) is 22.5. The zero-order chi connectivity index (χ0) is 28.4. The van der Waals surface area contributed by atoms with Gasteiger partial charge < -0.3 is 10.6 Å². The zero-order valence-electron chi connectivity index (χ0n) is 22.5. The molecule has 5 rings (SSSR count). The van der Waals surface area contributed by atoms with E-state index in [9.17, 15) is 14.4 Å². The van der Waals surface area contributed by atoms with E-state index in [-0.39, 0.29) is 22.9 Å². The maximum absolute atomic E-state index is 13.9. The Balaban J connectivity index is 1.51. The fourth-order valence-corrected chi connectivity index (χ4v) is 4.51. The highest BCUT2D eigenvalue weighted by molar-refractivity contribution is 6.04. The van der Waals surface area contributed by atoms with E-state index < -0.39 is 0 Å². The second kappa shape index (κ2) is 10.5. The van der Waals surface area contributed by atoms with Gasteiger partial charge in [-0.25, -0.2) is 4.79 Å². The molecule has 0 saturated carbocycles. The molecule has 200 valence electrons. The van der Waals surface area contributed by atoms with E-state index in [1.165, 1.54) is 6.08 Å². The number of nitrogens with zero attached hydrogens (tertiary/aromatic N) is 3. The molecule has 0 atom stereocenters. The number of carbonyl (C=O) groups is 2. The third-order valence-electron chi connectivity index (χ3n) is 6.57. The summed E-state index contributed by atoms with van der Waals surface area (Å²) in [6.45, 7) is 9.85. The first-order valence-electron chi connectivity index (χ1n) is 12.8. The molecular weight excluding hydrogens is 502 g/mol. The van der Waals surface area contributed by atoms with Crippen LogP contribution in [0.1, 0.15) is 36.7 Å². The summed E-state index contributed by atoms with van der Waals surface area (Å²) < 4.78 is 3.10. The Hall–Kier alpha value is -5.24. The van der Waals surface area contributed by atoms with Gasteiger partial charge in [-0.1, -0.05) is 51.6 Å². The van der Waals surface area contributed by atoms with Crippen molar-refractivity contribution in [3.63, 3.8) is 0 Å². The van der Waals surface area contributed by atoms with Crippen LogP contribution >= 0.6 is 0 Å². The van der Waals surface area contributed by atoms with Crippen LogP contribution in [0.4, 0.5) is 11.4 Å². The number of hydrogen-bond acceptors (Lipinski definition) is 4. The van der Waals surface area contributed by atoms with Crippen molar-refractivity contribution in [2.24, 2.45) is 0 Å². The predicted molar refractivity (Wildman–Crippen MR) is 159 cm³/mol. The molecule has 2 N–H and O–H groups in total. The van der Waals surface area contributed by atoms with E-state index in [1.807, 2.05) is 24.3 Å². The Morgan fingerprint density at radius 1 is 0.825 bits per heavy atom. The molecule has 0 aliphatic rings. The third kappa shape index (κ3) is 5.19. The number of pyridine rings is 1. The van der Waals surface area contributed by atoms with Gasteiger partial charge in [0.1, 0.15) is 0 Å². The van der Waals surface area contributed by atoms with E-state index in [1.54, 1.807) is 76.1 Å². The van der Waals surface area contributed by atoms with Crippen molar-refractivity contribution in [3.8, 4) is 11.4 Å². The van der Waals surface area contributed by atoms with Gasteiger partial charge in [-0.2, -0.15) is 0 Å². The summed E-state index contributed by atoms with van der Waals surface area (Å²) in [6, 6.07) is 23.4.